The van der Waals surface area contributed by atoms with E-state index in [2.05, 4.69) is 17.2 Å². The number of aliphatic carboxylic acids is 1. The first-order valence-electron chi connectivity index (χ1n) is 5.01. The molecule has 1 aliphatic rings. The summed E-state index contributed by atoms with van der Waals surface area (Å²) in [6.07, 6.45) is 1.21. The zero-order valence-electron chi connectivity index (χ0n) is 8.78. The predicted molar refractivity (Wildman–Crippen MR) is 59.4 cm³/mol. The van der Waals surface area contributed by atoms with Crippen molar-refractivity contribution in [2.75, 3.05) is 5.32 Å². The molecule has 2 atom stereocenters. The molecule has 0 bridgehead atoms. The minimum Gasteiger partial charge on any atom is -0.481 e. The minimum absolute atomic E-state index is 0.0181. The third kappa shape index (κ3) is 2.47. The Bertz CT molecular complexity index is 389. The van der Waals surface area contributed by atoms with Gasteiger partial charge in [0.25, 0.3) is 0 Å². The summed E-state index contributed by atoms with van der Waals surface area (Å²) < 4.78 is 0. The van der Waals surface area contributed by atoms with Crippen molar-refractivity contribution in [3.8, 4) is 0 Å². The van der Waals surface area contributed by atoms with E-state index in [9.17, 15) is 4.79 Å². The summed E-state index contributed by atoms with van der Waals surface area (Å²) in [7, 11) is 0. The van der Waals surface area contributed by atoms with E-state index >= 15 is 0 Å². The number of carboxylic acids is 1. The van der Waals surface area contributed by atoms with Crippen LogP contribution in [0.1, 0.15) is 23.9 Å². The van der Waals surface area contributed by atoms with Crippen LogP contribution in [0.3, 0.4) is 0 Å². The van der Waals surface area contributed by atoms with E-state index in [1.54, 1.807) is 11.3 Å². The molecule has 15 heavy (non-hydrogen) atoms. The van der Waals surface area contributed by atoms with Gasteiger partial charge < -0.3 is 10.4 Å². The normalized spacial score (nSPS) is 23.9. The quantitative estimate of drug-likeness (QED) is 0.823. The van der Waals surface area contributed by atoms with E-state index in [1.165, 1.54) is 6.42 Å². The lowest BCUT2D eigenvalue weighted by Crippen LogP contribution is -2.04. The van der Waals surface area contributed by atoms with Gasteiger partial charge in [-0.3, -0.25) is 4.79 Å². The van der Waals surface area contributed by atoms with Crippen molar-refractivity contribution in [1.82, 2.24) is 4.98 Å². The molecule has 0 spiro atoms. The van der Waals surface area contributed by atoms with Gasteiger partial charge in [-0.25, -0.2) is 4.98 Å². The van der Waals surface area contributed by atoms with E-state index in [1.807, 2.05) is 6.92 Å². The molecular weight excluding hydrogens is 212 g/mol. The number of nitrogens with one attached hydrogen (secondary N) is 1. The maximum Gasteiger partial charge on any atom is 0.309 e. The van der Waals surface area contributed by atoms with E-state index in [-0.39, 0.29) is 6.42 Å². The van der Waals surface area contributed by atoms with Crippen LogP contribution in [0.15, 0.2) is 0 Å². The number of aryl methyl sites for hydroxylation is 1. The fraction of sp³-hybridized carbons (Fsp3) is 0.600. The van der Waals surface area contributed by atoms with Gasteiger partial charge in [-0.2, -0.15) is 0 Å². The summed E-state index contributed by atoms with van der Waals surface area (Å²) >= 11 is 1.54. The standard InChI is InChI=1S/C10H14N2O2S/c1-5-3-7(5)11-10-12-8(4-9(13)14)6(2)15-10/h5,7H,3-4H2,1-2H3,(H,11,12)(H,13,14). The molecule has 1 heterocycles. The van der Waals surface area contributed by atoms with Gasteiger partial charge in [0.15, 0.2) is 5.13 Å². The maximum atomic E-state index is 10.6. The van der Waals surface area contributed by atoms with Crippen LogP contribution in [0, 0.1) is 12.8 Å². The lowest BCUT2D eigenvalue weighted by atomic mass is 10.3. The predicted octanol–water partition coefficient (Wildman–Crippen LogP) is 1.90. The Morgan fingerprint density at radius 1 is 1.73 bits per heavy atom. The maximum absolute atomic E-state index is 10.6. The summed E-state index contributed by atoms with van der Waals surface area (Å²) in [6, 6.07) is 0.535. The average Bonchev–Trinajstić information content (AvgIpc) is 2.68. The number of hydrogen-bond acceptors (Lipinski definition) is 4. The van der Waals surface area contributed by atoms with Gasteiger partial charge in [-0.05, 0) is 19.3 Å². The van der Waals surface area contributed by atoms with Crippen molar-refractivity contribution >= 4 is 22.4 Å². The first kappa shape index (κ1) is 10.4. The fourth-order valence-corrected chi connectivity index (χ4v) is 2.37. The Kier molecular flexibility index (Phi) is 2.65. The number of anilines is 1. The van der Waals surface area contributed by atoms with Gasteiger partial charge in [0.1, 0.15) is 0 Å². The molecule has 1 saturated carbocycles. The summed E-state index contributed by atoms with van der Waals surface area (Å²) in [5.74, 6) is -0.105. The Hall–Kier alpha value is -1.10. The molecule has 1 aromatic heterocycles. The molecule has 2 rings (SSSR count). The number of aromatic nitrogens is 1. The van der Waals surface area contributed by atoms with Crippen LogP contribution in [0.4, 0.5) is 5.13 Å². The summed E-state index contributed by atoms with van der Waals surface area (Å²) in [5.41, 5.74) is 0.684. The van der Waals surface area contributed by atoms with Crippen molar-refractivity contribution in [2.45, 2.75) is 32.7 Å². The van der Waals surface area contributed by atoms with Crippen LogP contribution in [-0.4, -0.2) is 22.1 Å². The zero-order valence-corrected chi connectivity index (χ0v) is 9.60. The second-order valence-electron chi connectivity index (χ2n) is 4.06. The number of carboxylic acid groups (broad SMARTS) is 1. The Balaban J connectivity index is 2.03. The molecular formula is C10H14N2O2S. The monoisotopic (exact) mass is 226 g/mol. The van der Waals surface area contributed by atoms with Gasteiger partial charge in [0, 0.05) is 10.9 Å². The lowest BCUT2D eigenvalue weighted by molar-refractivity contribution is -0.136. The first-order chi connectivity index (χ1) is 7.06. The topological polar surface area (TPSA) is 62.2 Å². The number of carbonyl (C=O) groups is 1. The molecule has 0 aromatic carbocycles. The molecule has 4 nitrogen and oxygen atoms in total. The molecule has 2 N–H and O–H groups in total. The fourth-order valence-electron chi connectivity index (χ4n) is 1.48. The van der Waals surface area contributed by atoms with Crippen molar-refractivity contribution in [2.24, 2.45) is 5.92 Å². The van der Waals surface area contributed by atoms with Crippen molar-refractivity contribution < 1.29 is 9.90 Å². The number of nitrogens with zero attached hydrogens (tertiary/aromatic N) is 1. The molecule has 82 valence electrons. The van der Waals surface area contributed by atoms with Crippen molar-refractivity contribution in [1.29, 1.82) is 0 Å². The van der Waals surface area contributed by atoms with Crippen molar-refractivity contribution in [3.63, 3.8) is 0 Å². The number of thiazole rings is 1. The Morgan fingerprint density at radius 3 is 2.93 bits per heavy atom. The highest BCUT2D eigenvalue weighted by atomic mass is 32.1. The molecule has 1 aromatic rings. The van der Waals surface area contributed by atoms with Gasteiger partial charge in [-0.15, -0.1) is 11.3 Å². The Labute approximate surface area is 92.3 Å². The first-order valence-corrected chi connectivity index (χ1v) is 5.82. The highest BCUT2D eigenvalue weighted by molar-refractivity contribution is 7.15. The molecule has 1 fully saturated rings. The SMILES string of the molecule is Cc1sc(NC2CC2C)nc1CC(=O)O. The van der Waals surface area contributed by atoms with E-state index in [0.29, 0.717) is 11.7 Å². The smallest absolute Gasteiger partial charge is 0.309 e. The second kappa shape index (κ2) is 3.81. The molecule has 0 aliphatic heterocycles. The van der Waals surface area contributed by atoms with Crippen LogP contribution in [0.25, 0.3) is 0 Å². The van der Waals surface area contributed by atoms with Crippen LogP contribution >= 0.6 is 11.3 Å². The van der Waals surface area contributed by atoms with Crippen LogP contribution in [-0.2, 0) is 11.2 Å². The molecule has 2 unspecified atom stereocenters. The third-order valence-corrected chi connectivity index (χ3v) is 3.57. The summed E-state index contributed by atoms with van der Waals surface area (Å²) in [4.78, 5) is 15.8. The van der Waals surface area contributed by atoms with Gasteiger partial charge in [0.05, 0.1) is 12.1 Å². The zero-order chi connectivity index (χ0) is 11.0. The minimum atomic E-state index is -0.824. The lowest BCUT2D eigenvalue weighted by Gasteiger charge is -1.97. The van der Waals surface area contributed by atoms with Crippen LogP contribution < -0.4 is 5.32 Å². The molecule has 0 saturated heterocycles. The molecule has 0 amide bonds. The van der Waals surface area contributed by atoms with E-state index < -0.39 is 5.97 Å². The Morgan fingerprint density at radius 2 is 2.40 bits per heavy atom. The molecule has 0 radical (unpaired) electrons. The van der Waals surface area contributed by atoms with Crippen LogP contribution in [0.5, 0.6) is 0 Å². The highest BCUT2D eigenvalue weighted by Crippen LogP contribution is 2.34. The van der Waals surface area contributed by atoms with Gasteiger partial charge >= 0.3 is 5.97 Å². The second-order valence-corrected chi connectivity index (χ2v) is 5.26. The average molecular weight is 226 g/mol. The number of rotatable bonds is 4. The summed E-state index contributed by atoms with van der Waals surface area (Å²) in [6.45, 7) is 4.10. The summed E-state index contributed by atoms with van der Waals surface area (Å²) in [5, 5.41) is 12.9. The third-order valence-electron chi connectivity index (χ3n) is 2.63. The van der Waals surface area contributed by atoms with Gasteiger partial charge in [-0.1, -0.05) is 6.92 Å². The largest absolute Gasteiger partial charge is 0.481 e. The van der Waals surface area contributed by atoms with Gasteiger partial charge in [0.2, 0.25) is 0 Å². The molecule has 1 aliphatic carbocycles. The van der Waals surface area contributed by atoms with Crippen molar-refractivity contribution in [3.05, 3.63) is 10.6 Å². The van der Waals surface area contributed by atoms with E-state index in [4.69, 9.17) is 5.11 Å². The van der Waals surface area contributed by atoms with E-state index in [0.717, 1.165) is 15.9 Å². The number of hydrogen-bond donors (Lipinski definition) is 2. The van der Waals surface area contributed by atoms with Crippen LogP contribution in [0.2, 0.25) is 0 Å². The molecule has 5 heteroatoms. The highest BCUT2D eigenvalue weighted by Gasteiger charge is 2.33.